The molecule has 1 aromatic heterocycles. The number of hydrogen-bond donors (Lipinski definition) is 0. The van der Waals surface area contributed by atoms with Crippen molar-refractivity contribution < 1.29 is 0 Å². The van der Waals surface area contributed by atoms with E-state index in [1.165, 1.54) is 0 Å². The number of rotatable bonds is 1. The third kappa shape index (κ3) is 1.77. The second-order valence-corrected chi connectivity index (χ2v) is 4.53. The van der Waals surface area contributed by atoms with Gasteiger partial charge in [-0.3, -0.25) is 4.68 Å². The monoisotopic (exact) mass is 313 g/mol. The Kier molecular flexibility index (Phi) is 2.74. The van der Waals surface area contributed by atoms with Crippen LogP contribution in [0.5, 0.6) is 0 Å². The Morgan fingerprint density at radius 3 is 2.79 bits per heavy atom. The maximum absolute atomic E-state index is 4.29. The van der Waals surface area contributed by atoms with Crippen LogP contribution in [0.25, 0.3) is 11.3 Å². The molecule has 2 aromatic rings. The van der Waals surface area contributed by atoms with Crippen molar-refractivity contribution in [1.82, 2.24) is 9.78 Å². The van der Waals surface area contributed by atoms with Crippen molar-refractivity contribution in [3.05, 3.63) is 39.4 Å². The van der Waals surface area contributed by atoms with Gasteiger partial charge < -0.3 is 0 Å². The van der Waals surface area contributed by atoms with Gasteiger partial charge in [-0.1, -0.05) is 12.1 Å². The molecule has 2 rings (SSSR count). The summed E-state index contributed by atoms with van der Waals surface area (Å²) in [4.78, 5) is 0. The average Bonchev–Trinajstić information content (AvgIpc) is 2.57. The molecule has 0 aliphatic carbocycles. The first-order valence-corrected chi connectivity index (χ1v) is 5.63. The predicted molar refractivity (Wildman–Crippen MR) is 62.9 cm³/mol. The summed E-state index contributed by atoms with van der Waals surface area (Å²) in [5.41, 5.74) is 1.98. The Morgan fingerprint density at radius 2 is 2.14 bits per heavy atom. The molecular formula is C10H7Br2N2. The molecule has 0 N–H and O–H groups in total. The van der Waals surface area contributed by atoms with E-state index in [2.05, 4.69) is 43.2 Å². The number of nitrogens with zero attached hydrogens (tertiary/aromatic N) is 2. The lowest BCUT2D eigenvalue weighted by atomic mass is 10.2. The summed E-state index contributed by atoms with van der Waals surface area (Å²) in [7, 11) is 1.86. The fraction of sp³-hybridized carbons (Fsp3) is 0.100. The molecule has 4 heteroatoms. The standard InChI is InChI=1S/C10H7Br2N2/c1-14-6-5-9(13-14)7-3-2-4-8(11)10(7)12/h2-5H,1H3. The molecule has 0 bridgehead atoms. The van der Waals surface area contributed by atoms with Crippen molar-refractivity contribution in [3.8, 4) is 11.3 Å². The molecule has 71 valence electrons. The number of aromatic nitrogens is 2. The highest BCUT2D eigenvalue weighted by molar-refractivity contribution is 9.13. The number of aryl methyl sites for hydroxylation is 1. The van der Waals surface area contributed by atoms with Gasteiger partial charge in [0, 0.05) is 21.6 Å². The van der Waals surface area contributed by atoms with Crippen molar-refractivity contribution in [2.45, 2.75) is 0 Å². The third-order valence-corrected chi connectivity index (χ3v) is 3.92. The van der Waals surface area contributed by atoms with Crippen LogP contribution in [0, 0.1) is 6.20 Å². The molecule has 0 saturated carbocycles. The van der Waals surface area contributed by atoms with Crippen molar-refractivity contribution >= 4 is 31.9 Å². The first-order chi connectivity index (χ1) is 6.68. The predicted octanol–water partition coefficient (Wildman–Crippen LogP) is 3.41. The Morgan fingerprint density at radius 1 is 1.36 bits per heavy atom. The molecular weight excluding hydrogens is 308 g/mol. The van der Waals surface area contributed by atoms with E-state index in [0.29, 0.717) is 0 Å². The number of benzene rings is 1. The quantitative estimate of drug-likeness (QED) is 0.788. The molecule has 0 amide bonds. The minimum atomic E-state index is 0.917. The highest BCUT2D eigenvalue weighted by atomic mass is 79.9. The van der Waals surface area contributed by atoms with E-state index < -0.39 is 0 Å². The van der Waals surface area contributed by atoms with Gasteiger partial charge >= 0.3 is 0 Å². The first kappa shape index (κ1) is 9.93. The number of hydrogen-bond acceptors (Lipinski definition) is 1. The van der Waals surface area contributed by atoms with Gasteiger partial charge in [0.1, 0.15) is 0 Å². The van der Waals surface area contributed by atoms with Crippen LogP contribution >= 0.6 is 31.9 Å². The summed E-state index contributed by atoms with van der Waals surface area (Å²) in [6, 6.07) is 7.86. The topological polar surface area (TPSA) is 17.8 Å². The van der Waals surface area contributed by atoms with Gasteiger partial charge in [0.15, 0.2) is 0 Å². The van der Waals surface area contributed by atoms with Crippen LogP contribution in [0.2, 0.25) is 0 Å². The van der Waals surface area contributed by atoms with E-state index in [0.717, 1.165) is 20.2 Å². The summed E-state index contributed by atoms with van der Waals surface area (Å²) in [5.74, 6) is 0. The largest absolute Gasteiger partial charge is 0.266 e. The van der Waals surface area contributed by atoms with E-state index in [1.54, 1.807) is 4.68 Å². The normalized spacial score (nSPS) is 10.5. The fourth-order valence-electron chi connectivity index (χ4n) is 1.21. The van der Waals surface area contributed by atoms with Crippen LogP contribution in [0.15, 0.2) is 33.2 Å². The van der Waals surface area contributed by atoms with Gasteiger partial charge in [-0.25, -0.2) is 0 Å². The summed E-state index contributed by atoms with van der Waals surface area (Å²) in [5, 5.41) is 4.29. The van der Waals surface area contributed by atoms with Crippen molar-refractivity contribution in [1.29, 1.82) is 0 Å². The van der Waals surface area contributed by atoms with Gasteiger partial charge in [-0.05, 0) is 44.0 Å². The van der Waals surface area contributed by atoms with Gasteiger partial charge in [0.05, 0.1) is 11.9 Å². The molecule has 1 radical (unpaired) electrons. The molecule has 0 atom stereocenters. The average molecular weight is 315 g/mol. The third-order valence-electron chi connectivity index (χ3n) is 1.87. The van der Waals surface area contributed by atoms with Crippen molar-refractivity contribution in [2.24, 2.45) is 7.05 Å². The van der Waals surface area contributed by atoms with Crippen LogP contribution in [0.1, 0.15) is 0 Å². The molecule has 1 aromatic carbocycles. The zero-order valence-corrected chi connectivity index (χ0v) is 10.6. The van der Waals surface area contributed by atoms with Crippen LogP contribution in [-0.4, -0.2) is 9.78 Å². The molecule has 1 heterocycles. The van der Waals surface area contributed by atoms with Crippen molar-refractivity contribution in [2.75, 3.05) is 0 Å². The molecule has 0 saturated heterocycles. The smallest absolute Gasteiger partial charge is 0.0941 e. The molecule has 14 heavy (non-hydrogen) atoms. The lowest BCUT2D eigenvalue weighted by molar-refractivity contribution is 0.764. The van der Waals surface area contributed by atoms with Crippen molar-refractivity contribution in [3.63, 3.8) is 0 Å². The Bertz CT molecular complexity index is 463. The fourth-order valence-corrected chi connectivity index (χ4v) is 2.04. The first-order valence-electron chi connectivity index (χ1n) is 4.04. The molecule has 2 nitrogen and oxygen atoms in total. The lowest BCUT2D eigenvalue weighted by Gasteiger charge is -2.02. The molecule has 0 unspecified atom stereocenters. The minimum Gasteiger partial charge on any atom is -0.266 e. The van der Waals surface area contributed by atoms with E-state index in [-0.39, 0.29) is 0 Å². The summed E-state index contributed by atoms with van der Waals surface area (Å²) < 4.78 is 3.72. The zero-order chi connectivity index (χ0) is 10.1. The van der Waals surface area contributed by atoms with Crippen LogP contribution in [0.4, 0.5) is 0 Å². The van der Waals surface area contributed by atoms with Crippen LogP contribution in [0.3, 0.4) is 0 Å². The highest BCUT2D eigenvalue weighted by Crippen LogP contribution is 2.32. The number of halogens is 2. The summed E-state index contributed by atoms with van der Waals surface area (Å²) in [6.45, 7) is 0. The second kappa shape index (κ2) is 3.87. The summed E-state index contributed by atoms with van der Waals surface area (Å²) in [6.07, 6.45) is 2.98. The van der Waals surface area contributed by atoms with Gasteiger partial charge in [0.2, 0.25) is 0 Å². The van der Waals surface area contributed by atoms with E-state index in [1.807, 2.05) is 31.3 Å². The van der Waals surface area contributed by atoms with Gasteiger partial charge in [-0.15, -0.1) is 0 Å². The Labute approximate surface area is 99.2 Å². The Balaban J connectivity index is 2.57. The SMILES string of the molecule is Cn1[c]cc(-c2cccc(Br)c2Br)n1. The zero-order valence-electron chi connectivity index (χ0n) is 7.46. The minimum absolute atomic E-state index is 0.917. The molecule has 0 spiro atoms. The molecule has 0 aliphatic heterocycles. The Hall–Kier alpha value is -0.610. The van der Waals surface area contributed by atoms with Crippen LogP contribution in [-0.2, 0) is 7.05 Å². The van der Waals surface area contributed by atoms with E-state index in [4.69, 9.17) is 0 Å². The summed E-state index contributed by atoms with van der Waals surface area (Å²) >= 11 is 6.97. The van der Waals surface area contributed by atoms with E-state index >= 15 is 0 Å². The van der Waals surface area contributed by atoms with Gasteiger partial charge in [0.25, 0.3) is 0 Å². The maximum atomic E-state index is 4.29. The second-order valence-electron chi connectivity index (χ2n) is 2.88. The lowest BCUT2D eigenvalue weighted by Crippen LogP contribution is -1.88. The molecule has 0 aliphatic rings. The van der Waals surface area contributed by atoms with Gasteiger partial charge in [-0.2, -0.15) is 5.10 Å². The maximum Gasteiger partial charge on any atom is 0.0941 e. The highest BCUT2D eigenvalue weighted by Gasteiger charge is 2.07. The van der Waals surface area contributed by atoms with E-state index in [9.17, 15) is 0 Å². The van der Waals surface area contributed by atoms with Crippen LogP contribution < -0.4 is 0 Å². The molecule has 0 fully saturated rings.